The molecular weight excluding hydrogens is 362 g/mol. The lowest BCUT2D eigenvalue weighted by Gasteiger charge is -2.21. The minimum absolute atomic E-state index is 0.0134. The lowest BCUT2D eigenvalue weighted by molar-refractivity contribution is 0.103. The van der Waals surface area contributed by atoms with Crippen molar-refractivity contribution in [3.8, 4) is 18.6 Å². The number of nitrogens with two attached hydrogens (primary N) is 1. The molecule has 0 saturated heterocycles. The van der Waals surface area contributed by atoms with Crippen molar-refractivity contribution in [1.29, 1.82) is 0 Å². The fraction of sp³-hybridized carbons (Fsp3) is 0.400. The SMILES string of the molecule is C#C.COc1cc2c(c(C)c1C(=O)c1cccc(C)c1C)CC(C(C)CO)C2N. The van der Waals surface area contributed by atoms with E-state index in [1.54, 1.807) is 7.11 Å². The highest BCUT2D eigenvalue weighted by Crippen LogP contribution is 2.44. The predicted octanol–water partition coefficient (Wildman–Crippen LogP) is 3.90. The Labute approximate surface area is 174 Å². The first kappa shape index (κ1) is 22.7. The summed E-state index contributed by atoms with van der Waals surface area (Å²) in [5, 5.41) is 9.58. The first-order valence-corrected chi connectivity index (χ1v) is 9.82. The molecule has 0 fully saturated rings. The summed E-state index contributed by atoms with van der Waals surface area (Å²) in [4.78, 5) is 13.4. The number of ether oxygens (including phenoxy) is 1. The number of terminal acetylenes is 1. The normalized spacial score (nSPS) is 18.4. The Bertz CT molecular complexity index is 929. The fourth-order valence-corrected chi connectivity index (χ4v) is 4.28. The number of aryl methyl sites for hydroxylation is 1. The third kappa shape index (κ3) is 3.94. The third-order valence-corrected chi connectivity index (χ3v) is 6.28. The van der Waals surface area contributed by atoms with Crippen molar-refractivity contribution >= 4 is 5.78 Å². The summed E-state index contributed by atoms with van der Waals surface area (Å²) in [6, 6.07) is 7.58. The van der Waals surface area contributed by atoms with E-state index in [1.165, 1.54) is 0 Å². The molecule has 0 radical (unpaired) electrons. The van der Waals surface area contributed by atoms with E-state index in [4.69, 9.17) is 10.5 Å². The van der Waals surface area contributed by atoms with Crippen LogP contribution in [0, 0.1) is 45.5 Å². The summed E-state index contributed by atoms with van der Waals surface area (Å²) in [5.74, 6) is 0.834. The van der Waals surface area contributed by atoms with Gasteiger partial charge < -0.3 is 15.6 Å². The molecule has 0 aliphatic heterocycles. The Morgan fingerprint density at radius 3 is 2.52 bits per heavy atom. The van der Waals surface area contributed by atoms with Gasteiger partial charge in [-0.05, 0) is 72.9 Å². The number of aliphatic hydroxyl groups excluding tert-OH is 1. The molecule has 3 atom stereocenters. The number of hydrogen-bond acceptors (Lipinski definition) is 4. The zero-order valence-corrected chi connectivity index (χ0v) is 18.0. The number of carbonyl (C=O) groups is 1. The van der Waals surface area contributed by atoms with E-state index in [0.29, 0.717) is 16.9 Å². The molecule has 1 aliphatic rings. The van der Waals surface area contributed by atoms with E-state index >= 15 is 0 Å². The third-order valence-electron chi connectivity index (χ3n) is 6.28. The summed E-state index contributed by atoms with van der Waals surface area (Å²) in [6.45, 7) is 8.10. The van der Waals surface area contributed by atoms with Crippen LogP contribution < -0.4 is 10.5 Å². The zero-order chi connectivity index (χ0) is 21.9. The molecule has 0 amide bonds. The van der Waals surface area contributed by atoms with Gasteiger partial charge in [-0.25, -0.2) is 0 Å². The summed E-state index contributed by atoms with van der Waals surface area (Å²) < 4.78 is 5.61. The van der Waals surface area contributed by atoms with Gasteiger partial charge in [0.05, 0.1) is 12.7 Å². The van der Waals surface area contributed by atoms with Crippen LogP contribution in [0.4, 0.5) is 0 Å². The largest absolute Gasteiger partial charge is 0.496 e. The van der Waals surface area contributed by atoms with Gasteiger partial charge in [0.15, 0.2) is 5.78 Å². The quantitative estimate of drug-likeness (QED) is 0.597. The maximum atomic E-state index is 13.4. The van der Waals surface area contributed by atoms with E-state index in [2.05, 4.69) is 12.8 Å². The van der Waals surface area contributed by atoms with Gasteiger partial charge >= 0.3 is 0 Å². The lowest BCUT2D eigenvalue weighted by Crippen LogP contribution is -2.25. The summed E-state index contributed by atoms with van der Waals surface area (Å²) in [5.41, 5.74) is 13.0. The van der Waals surface area contributed by atoms with Gasteiger partial charge in [0, 0.05) is 18.2 Å². The molecule has 2 aromatic carbocycles. The maximum Gasteiger partial charge on any atom is 0.197 e. The minimum atomic E-state index is -0.153. The number of rotatable bonds is 5. The number of ketones is 1. The first-order chi connectivity index (χ1) is 13.8. The number of carbonyl (C=O) groups excluding carboxylic acids is 1. The highest BCUT2D eigenvalue weighted by atomic mass is 16.5. The number of fused-ring (bicyclic) bond motifs is 1. The van der Waals surface area contributed by atoms with Crippen LogP contribution in [0.25, 0.3) is 0 Å². The number of benzene rings is 2. The van der Waals surface area contributed by atoms with Gasteiger partial charge in [-0.1, -0.05) is 25.1 Å². The smallest absolute Gasteiger partial charge is 0.197 e. The van der Waals surface area contributed by atoms with Gasteiger partial charge in [-0.2, -0.15) is 0 Å². The molecule has 1 aliphatic carbocycles. The highest BCUT2D eigenvalue weighted by molar-refractivity contribution is 6.13. The van der Waals surface area contributed by atoms with E-state index in [0.717, 1.165) is 34.2 Å². The van der Waals surface area contributed by atoms with Crippen molar-refractivity contribution < 1.29 is 14.6 Å². The van der Waals surface area contributed by atoms with Crippen molar-refractivity contribution in [3.05, 3.63) is 63.2 Å². The number of methoxy groups -OCH3 is 1. The average molecular weight is 394 g/mol. The van der Waals surface area contributed by atoms with Gasteiger partial charge in [0.2, 0.25) is 0 Å². The average Bonchev–Trinajstić information content (AvgIpc) is 3.07. The standard InChI is InChI=1S/C23H29NO3.C2H2/c1-12-7-6-8-16(14(12)3)23(26)21-15(4)18-9-17(13(2)11-25)22(24)19(18)10-20(21)27-5;1-2/h6-8,10,13,17,22,25H,9,11,24H2,1-5H3;1-2H. The van der Waals surface area contributed by atoms with Crippen LogP contribution in [0.2, 0.25) is 0 Å². The predicted molar refractivity (Wildman–Crippen MR) is 117 cm³/mol. The van der Waals surface area contributed by atoms with Crippen molar-refractivity contribution in [3.63, 3.8) is 0 Å². The van der Waals surface area contributed by atoms with Crippen LogP contribution in [-0.4, -0.2) is 24.6 Å². The van der Waals surface area contributed by atoms with Gasteiger partial charge in [0.25, 0.3) is 0 Å². The van der Waals surface area contributed by atoms with E-state index in [1.807, 2.05) is 52.0 Å². The second kappa shape index (κ2) is 9.26. The molecule has 3 rings (SSSR count). The second-order valence-electron chi connectivity index (χ2n) is 7.78. The van der Waals surface area contributed by atoms with Gasteiger partial charge in [-0.15, -0.1) is 12.8 Å². The molecule has 3 unspecified atom stereocenters. The Hall–Kier alpha value is -2.61. The minimum Gasteiger partial charge on any atom is -0.496 e. The van der Waals surface area contributed by atoms with Crippen LogP contribution in [0.3, 0.4) is 0 Å². The maximum absolute atomic E-state index is 13.4. The molecule has 0 bridgehead atoms. The highest BCUT2D eigenvalue weighted by Gasteiger charge is 2.36. The monoisotopic (exact) mass is 393 g/mol. The zero-order valence-electron chi connectivity index (χ0n) is 18.0. The van der Waals surface area contributed by atoms with Crippen LogP contribution in [-0.2, 0) is 6.42 Å². The van der Waals surface area contributed by atoms with E-state index < -0.39 is 0 Å². The van der Waals surface area contributed by atoms with E-state index in [-0.39, 0.29) is 30.3 Å². The Balaban J connectivity index is 0.00000145. The van der Waals surface area contributed by atoms with Gasteiger partial charge in [-0.3, -0.25) is 4.79 Å². The molecule has 2 aromatic rings. The van der Waals surface area contributed by atoms with Crippen LogP contribution in [0.1, 0.15) is 56.7 Å². The molecule has 154 valence electrons. The second-order valence-corrected chi connectivity index (χ2v) is 7.78. The van der Waals surface area contributed by atoms with Gasteiger partial charge in [0.1, 0.15) is 5.75 Å². The summed E-state index contributed by atoms with van der Waals surface area (Å²) in [7, 11) is 1.59. The molecule has 3 N–H and O–H groups in total. The first-order valence-electron chi connectivity index (χ1n) is 9.82. The topological polar surface area (TPSA) is 72.5 Å². The molecular formula is C25H31NO3. The molecule has 4 nitrogen and oxygen atoms in total. The molecule has 0 aromatic heterocycles. The van der Waals surface area contributed by atoms with Crippen LogP contribution >= 0.6 is 0 Å². The van der Waals surface area contributed by atoms with E-state index in [9.17, 15) is 9.90 Å². The number of hydrogen-bond donors (Lipinski definition) is 2. The summed E-state index contributed by atoms with van der Waals surface area (Å²) in [6.07, 6.45) is 8.78. The van der Waals surface area contributed by atoms with Crippen molar-refractivity contribution in [2.75, 3.05) is 13.7 Å². The summed E-state index contributed by atoms with van der Waals surface area (Å²) >= 11 is 0. The van der Waals surface area contributed by atoms with Crippen molar-refractivity contribution in [2.24, 2.45) is 17.6 Å². The molecule has 29 heavy (non-hydrogen) atoms. The van der Waals surface area contributed by atoms with Crippen molar-refractivity contribution in [2.45, 2.75) is 40.2 Å². The Morgan fingerprint density at radius 1 is 1.28 bits per heavy atom. The molecule has 0 saturated carbocycles. The molecule has 0 spiro atoms. The fourth-order valence-electron chi connectivity index (χ4n) is 4.28. The lowest BCUT2D eigenvalue weighted by atomic mass is 9.89. The number of aliphatic hydroxyl groups is 1. The molecule has 4 heteroatoms. The van der Waals surface area contributed by atoms with Crippen LogP contribution in [0.15, 0.2) is 24.3 Å². The molecule has 0 heterocycles. The Morgan fingerprint density at radius 2 is 1.93 bits per heavy atom. The van der Waals surface area contributed by atoms with Crippen molar-refractivity contribution in [1.82, 2.24) is 0 Å². The van der Waals surface area contributed by atoms with Crippen LogP contribution in [0.5, 0.6) is 5.75 Å². The Kier molecular flexibility index (Phi) is 7.24.